The fourth-order valence-corrected chi connectivity index (χ4v) is 4.82. The smallest absolute Gasteiger partial charge is 0.213 e. The first kappa shape index (κ1) is 20.9. The van der Waals surface area contributed by atoms with Crippen molar-refractivity contribution in [3.63, 3.8) is 0 Å². The van der Waals surface area contributed by atoms with Gasteiger partial charge in [-0.15, -0.1) is 0 Å². The molecule has 0 atom stereocenters. The van der Waals surface area contributed by atoms with Crippen LogP contribution in [-0.2, 0) is 6.54 Å². The van der Waals surface area contributed by atoms with Gasteiger partial charge in [0.2, 0.25) is 11.2 Å². The maximum atomic E-state index is 3.97. The third kappa shape index (κ3) is 3.85. The van der Waals surface area contributed by atoms with Crippen LogP contribution < -0.4 is 33.4 Å². The molecule has 1 aliphatic heterocycles. The average Bonchev–Trinajstić information content (AvgIpc) is 3.00. The van der Waals surface area contributed by atoms with Gasteiger partial charge in [0, 0.05) is 35.0 Å². The lowest BCUT2D eigenvalue weighted by Crippen LogP contribution is -3.00. The highest BCUT2D eigenvalue weighted by atomic mass is 127. The predicted octanol–water partition coefficient (Wildman–Crippen LogP) is 2.86. The van der Waals surface area contributed by atoms with Crippen LogP contribution in [0.15, 0.2) is 71.1 Å². The Morgan fingerprint density at radius 1 is 1.04 bits per heavy atom. The molecule has 4 rings (SSSR count). The molecule has 3 aromatic rings. The number of fused-ring (bicyclic) bond motifs is 2. The minimum Gasteiger partial charge on any atom is -1.00 e. The summed E-state index contributed by atoms with van der Waals surface area (Å²) in [6.45, 7) is 12.2. The summed E-state index contributed by atoms with van der Waals surface area (Å²) < 4.78 is 2.35. The van der Waals surface area contributed by atoms with Crippen LogP contribution in [0.25, 0.3) is 17.0 Å². The van der Waals surface area contributed by atoms with Crippen LogP contribution in [-0.4, -0.2) is 6.54 Å². The summed E-state index contributed by atoms with van der Waals surface area (Å²) in [7, 11) is 0. The number of hydrogen-bond acceptors (Lipinski definition) is 2. The molecule has 0 N–H and O–H groups in total. The minimum absolute atomic E-state index is 0. The van der Waals surface area contributed by atoms with Gasteiger partial charge in [0.25, 0.3) is 0 Å². The maximum absolute atomic E-state index is 3.97. The summed E-state index contributed by atoms with van der Waals surface area (Å²) >= 11 is 1.86. The van der Waals surface area contributed by atoms with E-state index < -0.39 is 0 Å². The van der Waals surface area contributed by atoms with E-state index in [0.717, 1.165) is 13.1 Å². The zero-order valence-electron chi connectivity index (χ0n) is 16.6. The Bertz CT molecular complexity index is 1070. The second kappa shape index (κ2) is 8.70. The van der Waals surface area contributed by atoms with Crippen molar-refractivity contribution in [1.29, 1.82) is 0 Å². The number of halogens is 1. The Balaban J connectivity index is 0.00000225. The van der Waals surface area contributed by atoms with Gasteiger partial charge in [0.05, 0.1) is 10.7 Å². The van der Waals surface area contributed by atoms with Crippen LogP contribution in [0.1, 0.15) is 23.7 Å². The van der Waals surface area contributed by atoms with Crippen LogP contribution in [0.4, 0.5) is 5.69 Å². The largest absolute Gasteiger partial charge is 1.00 e. The molecule has 4 heteroatoms. The fourth-order valence-electron chi connectivity index (χ4n) is 3.66. The Labute approximate surface area is 189 Å². The first-order chi connectivity index (χ1) is 13.1. The van der Waals surface area contributed by atoms with Gasteiger partial charge in [0.1, 0.15) is 0 Å². The molecule has 28 heavy (non-hydrogen) atoms. The molecule has 0 radical (unpaired) electrons. The normalized spacial score (nSPS) is 14.2. The van der Waals surface area contributed by atoms with Crippen molar-refractivity contribution in [3.05, 3.63) is 83.0 Å². The summed E-state index contributed by atoms with van der Waals surface area (Å²) in [5.74, 6) is 0. The van der Waals surface area contributed by atoms with Crippen LogP contribution in [0, 0.1) is 13.8 Å². The number of allylic oxidation sites excluding steroid dienone is 1. The van der Waals surface area contributed by atoms with Crippen molar-refractivity contribution in [1.82, 2.24) is 0 Å². The minimum atomic E-state index is 0. The van der Waals surface area contributed by atoms with E-state index in [0.29, 0.717) is 0 Å². The fraction of sp³-hybridized carbons (Fsp3) is 0.208. The van der Waals surface area contributed by atoms with Crippen molar-refractivity contribution in [3.8, 4) is 0 Å². The maximum Gasteiger partial charge on any atom is 0.213 e. The number of nitrogens with zero attached hydrogens (tertiary/aromatic N) is 2. The predicted molar refractivity (Wildman–Crippen MR) is 117 cm³/mol. The van der Waals surface area contributed by atoms with E-state index in [1.54, 1.807) is 0 Å². The number of thioether (sulfide) groups is 1. The van der Waals surface area contributed by atoms with Gasteiger partial charge >= 0.3 is 0 Å². The monoisotopic (exact) mass is 500 g/mol. The molecule has 144 valence electrons. The summed E-state index contributed by atoms with van der Waals surface area (Å²) in [6.07, 6.45) is 4.29. The quantitative estimate of drug-likeness (QED) is 0.309. The lowest BCUT2D eigenvalue weighted by atomic mass is 10.1. The molecule has 1 aromatic heterocycles. The summed E-state index contributed by atoms with van der Waals surface area (Å²) in [5, 5.41) is 2.54. The Morgan fingerprint density at radius 2 is 1.75 bits per heavy atom. The van der Waals surface area contributed by atoms with Crippen molar-refractivity contribution in [2.75, 3.05) is 11.4 Å². The topological polar surface area (TPSA) is 7.12 Å². The van der Waals surface area contributed by atoms with Gasteiger partial charge in [-0.1, -0.05) is 30.5 Å². The standard InChI is InChI=1S/C24H25N2S.HI/c1-5-13-26-20(11-10-19-9-7-17(3)14-21(19)26)16-24-25(6-2)22-15-18(4)8-12-23(22)27-24;/h5,7-12,14-16H,1,6,13H2,2-4H3;1H/q+1;/p-1. The zero-order chi connectivity index (χ0) is 19.0. The summed E-state index contributed by atoms with van der Waals surface area (Å²) in [6, 6.07) is 17.8. The number of benzene rings is 2. The van der Waals surface area contributed by atoms with E-state index in [9.17, 15) is 0 Å². The number of pyridine rings is 1. The zero-order valence-corrected chi connectivity index (χ0v) is 19.5. The van der Waals surface area contributed by atoms with E-state index in [2.05, 4.69) is 91.4 Å². The van der Waals surface area contributed by atoms with Gasteiger partial charge in [-0.05, 0) is 62.2 Å². The van der Waals surface area contributed by atoms with Crippen LogP contribution >= 0.6 is 11.8 Å². The second-order valence-corrected chi connectivity index (χ2v) is 8.08. The number of anilines is 1. The molecule has 1 aliphatic rings. The summed E-state index contributed by atoms with van der Waals surface area (Å²) in [4.78, 5) is 3.74. The lowest BCUT2D eigenvalue weighted by molar-refractivity contribution is -0.662. The van der Waals surface area contributed by atoms with Crippen molar-refractivity contribution in [2.24, 2.45) is 0 Å². The van der Waals surface area contributed by atoms with E-state index in [1.165, 1.54) is 43.3 Å². The highest BCUT2D eigenvalue weighted by Crippen LogP contribution is 2.46. The molecule has 0 fully saturated rings. The molecule has 2 nitrogen and oxygen atoms in total. The molecule has 0 unspecified atom stereocenters. The van der Waals surface area contributed by atoms with E-state index >= 15 is 0 Å². The van der Waals surface area contributed by atoms with E-state index in [4.69, 9.17) is 0 Å². The number of aromatic nitrogens is 1. The van der Waals surface area contributed by atoms with Crippen molar-refractivity contribution in [2.45, 2.75) is 32.2 Å². The summed E-state index contributed by atoms with van der Waals surface area (Å²) in [5.41, 5.74) is 6.36. The molecule has 0 spiro atoms. The number of rotatable bonds is 4. The van der Waals surface area contributed by atoms with E-state index in [1.807, 2.05) is 17.8 Å². The Kier molecular flexibility index (Phi) is 6.50. The van der Waals surface area contributed by atoms with E-state index in [-0.39, 0.29) is 24.0 Å². The number of hydrogen-bond donors (Lipinski definition) is 0. The Morgan fingerprint density at radius 3 is 2.50 bits per heavy atom. The molecular formula is C24H25IN2S. The third-order valence-corrected chi connectivity index (χ3v) is 6.12. The van der Waals surface area contributed by atoms with Crippen LogP contribution in [0.5, 0.6) is 0 Å². The van der Waals surface area contributed by atoms with Crippen molar-refractivity contribution < 1.29 is 28.5 Å². The molecule has 2 heterocycles. The van der Waals surface area contributed by atoms with Crippen LogP contribution in [0.2, 0.25) is 0 Å². The van der Waals surface area contributed by atoms with Gasteiger partial charge in [-0.3, -0.25) is 0 Å². The lowest BCUT2D eigenvalue weighted by Gasteiger charge is -2.18. The highest BCUT2D eigenvalue weighted by Gasteiger charge is 2.25. The molecule has 0 saturated heterocycles. The van der Waals surface area contributed by atoms with Crippen molar-refractivity contribution >= 4 is 34.4 Å². The van der Waals surface area contributed by atoms with Gasteiger partial charge < -0.3 is 28.9 Å². The highest BCUT2D eigenvalue weighted by molar-refractivity contribution is 8.03. The molecule has 0 aliphatic carbocycles. The Hall–Kier alpha value is -1.79. The first-order valence-corrected chi connectivity index (χ1v) is 10.2. The number of aryl methyl sites for hydroxylation is 2. The molecule has 2 aromatic carbocycles. The van der Waals surface area contributed by atoms with Gasteiger partial charge in [-0.25, -0.2) is 0 Å². The van der Waals surface area contributed by atoms with Crippen LogP contribution in [0.3, 0.4) is 0 Å². The molecule has 0 amide bonds. The SMILES string of the molecule is C=CC[n+]1c(/C=C2\Sc3ccc(C)cc3N2CC)ccc2ccc(C)cc21.[I-]. The molecule has 0 bridgehead atoms. The first-order valence-electron chi connectivity index (χ1n) is 9.42. The molecule has 0 saturated carbocycles. The van der Waals surface area contributed by atoms with Gasteiger partial charge in [0.15, 0.2) is 6.54 Å². The second-order valence-electron chi connectivity index (χ2n) is 7.02. The van der Waals surface area contributed by atoms with Gasteiger partial charge in [-0.2, -0.15) is 4.57 Å². The average molecular weight is 500 g/mol. The third-order valence-electron chi connectivity index (χ3n) is 5.01. The molecular weight excluding hydrogens is 475 g/mol.